The third-order valence-corrected chi connectivity index (χ3v) is 10.3. The van der Waals surface area contributed by atoms with Gasteiger partial charge in [0, 0.05) is 0 Å². The monoisotopic (exact) mass is 842 g/mol. The summed E-state index contributed by atoms with van der Waals surface area (Å²) in [6, 6.07) is 0. The Hall–Kier alpha value is -1.53. The Labute approximate surface area is 320 Å². The molecule has 0 amide bonds. The van der Waals surface area contributed by atoms with Crippen molar-refractivity contribution in [2.45, 2.75) is 154 Å². The zero-order chi connectivity index (χ0) is 42.2. The van der Waals surface area contributed by atoms with Gasteiger partial charge in [0.05, 0.1) is 26.4 Å². The minimum Gasteiger partial charge on any atom is -0.479 e. The molecule has 17 N–H and O–H groups in total. The summed E-state index contributed by atoms with van der Waals surface area (Å²) in [6.07, 6.45) is -50.6. The average Bonchev–Trinajstić information content (AvgIpc) is 3.18. The minimum absolute atomic E-state index is 0.883. The lowest BCUT2D eigenvalue weighted by molar-refractivity contribution is -0.401. The summed E-state index contributed by atoms with van der Waals surface area (Å²) in [5.41, 5.74) is 0. The van der Waals surface area contributed by atoms with Gasteiger partial charge in [-0.2, -0.15) is 0 Å². The lowest BCUT2D eigenvalue weighted by atomic mass is 9.95. The van der Waals surface area contributed by atoms with E-state index in [2.05, 4.69) is 0 Å². The first-order chi connectivity index (χ1) is 26.9. The molecule has 27 heteroatoms. The Balaban J connectivity index is 1.54. The van der Waals surface area contributed by atoms with E-state index in [4.69, 9.17) is 42.6 Å². The van der Waals surface area contributed by atoms with Crippen LogP contribution in [0.15, 0.2) is 0 Å². The van der Waals surface area contributed by atoms with E-state index in [0.29, 0.717) is 0 Å². The molecular weight excluding hydrogens is 792 g/mol. The van der Waals surface area contributed by atoms with Gasteiger partial charge in [0.15, 0.2) is 37.6 Å². The van der Waals surface area contributed by atoms with Crippen LogP contribution in [0.3, 0.4) is 0 Å². The highest BCUT2D eigenvalue weighted by Crippen LogP contribution is 2.36. The van der Waals surface area contributed by atoms with E-state index < -0.39 is 186 Å². The van der Waals surface area contributed by atoms with Gasteiger partial charge >= 0.3 is 5.97 Å². The minimum atomic E-state index is -2.33. The van der Waals surface area contributed by atoms with Crippen molar-refractivity contribution in [1.29, 1.82) is 0 Å². The summed E-state index contributed by atoms with van der Waals surface area (Å²) in [4.78, 5) is 11.9. The summed E-state index contributed by atoms with van der Waals surface area (Å²) in [5, 5.41) is 176. The Kier molecular flexibility index (Phi) is 15.9. The second-order valence-corrected chi connectivity index (χ2v) is 14.0. The SMILES string of the molecule is O=C(O)[C@H]1O[C@H](O[C@@H]2[C@H](O)[C@H](O[C@H]3[C@H](O)[C@H](O)[C@@H](O)O[C@@H]3CO)O[C@H](CO[C@@H]3O[C@H](CO)[C@H](O)[C@H](O)[C@H]3O)[C@H]2O[C@@H]2O[C@H](CO)[C@@H](O)[C@H](O)[C@H]2O)[C@H](O)[C@@H](O)[C@@H]1O. The fourth-order valence-electron chi connectivity index (χ4n) is 6.90. The molecule has 5 aliphatic heterocycles. The first-order valence-corrected chi connectivity index (χ1v) is 17.6. The molecule has 0 aromatic rings. The number of aliphatic hydroxyl groups is 16. The van der Waals surface area contributed by atoms with E-state index in [1.165, 1.54) is 0 Å². The van der Waals surface area contributed by atoms with Gasteiger partial charge in [0.25, 0.3) is 0 Å². The van der Waals surface area contributed by atoms with E-state index >= 15 is 0 Å². The van der Waals surface area contributed by atoms with Crippen molar-refractivity contribution in [1.82, 2.24) is 0 Å². The molecule has 5 rings (SSSR count). The highest BCUT2D eigenvalue weighted by Gasteiger charge is 2.57. The normalized spacial score (nSPS) is 52.4. The summed E-state index contributed by atoms with van der Waals surface area (Å²) in [5.74, 6) is -1.85. The van der Waals surface area contributed by atoms with Crippen LogP contribution < -0.4 is 0 Å². The van der Waals surface area contributed by atoms with Gasteiger partial charge in [-0.15, -0.1) is 0 Å². The van der Waals surface area contributed by atoms with Crippen LogP contribution in [0.5, 0.6) is 0 Å². The second-order valence-electron chi connectivity index (χ2n) is 14.0. The fraction of sp³-hybridized carbons (Fsp3) is 0.967. The third-order valence-electron chi connectivity index (χ3n) is 10.3. The van der Waals surface area contributed by atoms with E-state index in [1.807, 2.05) is 0 Å². The zero-order valence-electron chi connectivity index (χ0n) is 29.4. The molecule has 0 aromatic carbocycles. The summed E-state index contributed by atoms with van der Waals surface area (Å²) in [6.45, 7) is -3.77. The highest BCUT2D eigenvalue weighted by atomic mass is 16.8. The van der Waals surface area contributed by atoms with Gasteiger partial charge in [0.2, 0.25) is 0 Å². The van der Waals surface area contributed by atoms with Crippen molar-refractivity contribution < 1.29 is 134 Å². The number of hydrogen-bond donors (Lipinski definition) is 17. The number of carbonyl (C=O) groups is 1. The molecule has 0 bridgehead atoms. The molecule has 27 nitrogen and oxygen atoms in total. The van der Waals surface area contributed by atoms with Crippen LogP contribution in [-0.4, -0.2) is 273 Å². The summed E-state index contributed by atoms with van der Waals surface area (Å²) in [7, 11) is 0. The zero-order valence-corrected chi connectivity index (χ0v) is 29.4. The lowest BCUT2D eigenvalue weighted by Gasteiger charge is -2.50. The average molecular weight is 843 g/mol. The molecule has 332 valence electrons. The molecule has 5 saturated heterocycles. The van der Waals surface area contributed by atoms with Crippen LogP contribution in [-0.2, 0) is 47.4 Å². The predicted molar refractivity (Wildman–Crippen MR) is 167 cm³/mol. The number of carboxylic acids is 1. The van der Waals surface area contributed by atoms with Crippen LogP contribution in [0.25, 0.3) is 0 Å². The second kappa shape index (κ2) is 19.5. The molecule has 0 radical (unpaired) electrons. The van der Waals surface area contributed by atoms with Gasteiger partial charge in [-0.05, 0) is 0 Å². The van der Waals surface area contributed by atoms with Gasteiger partial charge < -0.3 is 129 Å². The molecule has 0 unspecified atom stereocenters. The molecule has 0 aromatic heterocycles. The molecule has 25 atom stereocenters. The Morgan fingerprint density at radius 1 is 0.404 bits per heavy atom. The first kappa shape index (κ1) is 46.5. The van der Waals surface area contributed by atoms with Crippen molar-refractivity contribution in [3.05, 3.63) is 0 Å². The van der Waals surface area contributed by atoms with Gasteiger partial charge in [-0.1, -0.05) is 0 Å². The molecule has 0 saturated carbocycles. The van der Waals surface area contributed by atoms with Crippen LogP contribution >= 0.6 is 0 Å². The molecule has 0 aliphatic carbocycles. The van der Waals surface area contributed by atoms with E-state index in [9.17, 15) is 91.6 Å². The molecule has 57 heavy (non-hydrogen) atoms. The maximum Gasteiger partial charge on any atom is 0.335 e. The van der Waals surface area contributed by atoms with Gasteiger partial charge in [0.1, 0.15) is 116 Å². The summed E-state index contributed by atoms with van der Waals surface area (Å²) >= 11 is 0. The lowest BCUT2D eigenvalue weighted by Crippen LogP contribution is -2.69. The van der Waals surface area contributed by atoms with Crippen LogP contribution in [0.1, 0.15) is 0 Å². The van der Waals surface area contributed by atoms with Crippen molar-refractivity contribution in [3.63, 3.8) is 0 Å². The first-order valence-electron chi connectivity index (χ1n) is 17.6. The van der Waals surface area contributed by atoms with Crippen molar-refractivity contribution in [2.75, 3.05) is 26.4 Å². The van der Waals surface area contributed by atoms with Crippen LogP contribution in [0.2, 0.25) is 0 Å². The third kappa shape index (κ3) is 9.53. The van der Waals surface area contributed by atoms with Crippen molar-refractivity contribution >= 4 is 5.97 Å². The highest BCUT2D eigenvalue weighted by molar-refractivity contribution is 5.73. The largest absolute Gasteiger partial charge is 0.479 e. The van der Waals surface area contributed by atoms with Gasteiger partial charge in [-0.25, -0.2) is 4.79 Å². The number of carboxylic acid groups (broad SMARTS) is 1. The number of ether oxygens (including phenoxy) is 9. The van der Waals surface area contributed by atoms with Crippen LogP contribution in [0.4, 0.5) is 0 Å². The van der Waals surface area contributed by atoms with Crippen molar-refractivity contribution in [3.8, 4) is 0 Å². The number of aliphatic hydroxyl groups excluding tert-OH is 16. The Morgan fingerprint density at radius 2 is 0.842 bits per heavy atom. The van der Waals surface area contributed by atoms with E-state index in [-0.39, 0.29) is 0 Å². The van der Waals surface area contributed by atoms with Gasteiger partial charge in [-0.3, -0.25) is 0 Å². The maximum atomic E-state index is 11.9. The smallest absolute Gasteiger partial charge is 0.335 e. The Morgan fingerprint density at radius 3 is 1.39 bits per heavy atom. The molecule has 5 heterocycles. The topological polar surface area (TPSA) is 444 Å². The quantitative estimate of drug-likeness (QED) is 0.0818. The predicted octanol–water partition coefficient (Wildman–Crippen LogP) is -11.8. The molecule has 0 spiro atoms. The van der Waals surface area contributed by atoms with E-state index in [1.54, 1.807) is 0 Å². The molecule has 5 fully saturated rings. The molecular formula is C30H50O27. The number of hydrogen-bond acceptors (Lipinski definition) is 26. The van der Waals surface area contributed by atoms with Crippen molar-refractivity contribution in [2.24, 2.45) is 0 Å². The maximum absolute atomic E-state index is 11.9. The summed E-state index contributed by atoms with van der Waals surface area (Å²) < 4.78 is 49.9. The van der Waals surface area contributed by atoms with E-state index in [0.717, 1.165) is 0 Å². The standard InChI is InChI=1S/C30H50O27/c31-1-5-9(34)11(36)17(42)27(51-5)49-4-8-22(55-28-18(43)12(37)10(35)6(2-32)52-28)23(56-29-19(44)13(38)14(39)24(57-29)25(46)47)20(45)30(53-8)54-21-7(3-33)50-26(48)16(41)15(21)40/h5-24,26-45,48H,1-4H2,(H,46,47)/t5-,6-,7-,8-,9+,10-,11+,12+,13+,14+,15-,16+,17-,18-,19-,20+,21-,22-,23-,24+,26+,27-,28+,29+,30+/m1/s1. The number of aliphatic carboxylic acids is 1. The number of rotatable bonds is 13. The van der Waals surface area contributed by atoms with Crippen LogP contribution in [0, 0.1) is 0 Å². The fourth-order valence-corrected chi connectivity index (χ4v) is 6.90. The molecule has 5 aliphatic rings. The Bertz CT molecular complexity index is 1280.